The van der Waals surface area contributed by atoms with Crippen LogP contribution in [0.15, 0.2) is 18.3 Å². The highest BCUT2D eigenvalue weighted by molar-refractivity contribution is 7.99. The predicted molar refractivity (Wildman–Crippen MR) is 75.9 cm³/mol. The zero-order valence-electron chi connectivity index (χ0n) is 10.6. The summed E-state index contributed by atoms with van der Waals surface area (Å²) in [5.74, 6) is -0.482. The lowest BCUT2D eigenvalue weighted by molar-refractivity contribution is 0.0995. The molecule has 1 heterocycles. The Morgan fingerprint density at radius 3 is 2.78 bits per heavy atom. The molecule has 2 rings (SSSR count). The molecule has 1 aromatic heterocycles. The third-order valence-electron chi connectivity index (χ3n) is 3.39. The second-order valence-corrected chi connectivity index (χ2v) is 5.79. The Hall–Kier alpha value is -1.23. The topological polar surface area (TPSA) is 68.0 Å². The van der Waals surface area contributed by atoms with Crippen LogP contribution in [0, 0.1) is 0 Å². The molecule has 1 fully saturated rings. The van der Waals surface area contributed by atoms with Crippen LogP contribution < -0.4 is 11.1 Å². The highest BCUT2D eigenvalue weighted by Crippen LogP contribution is 2.28. The molecule has 1 aromatic rings. The lowest BCUT2D eigenvalue weighted by Crippen LogP contribution is -2.27. The molecular weight excluding hydrogens is 246 g/mol. The van der Waals surface area contributed by atoms with E-state index in [9.17, 15) is 4.79 Å². The lowest BCUT2D eigenvalue weighted by Gasteiger charge is -2.28. The summed E-state index contributed by atoms with van der Waals surface area (Å²) in [6.45, 7) is 0. The van der Waals surface area contributed by atoms with Gasteiger partial charge in [0.1, 0.15) is 5.69 Å². The molecule has 1 amide bonds. The van der Waals surface area contributed by atoms with Gasteiger partial charge in [-0.2, -0.15) is 11.8 Å². The highest BCUT2D eigenvalue weighted by atomic mass is 32.2. The first-order valence-corrected chi connectivity index (χ1v) is 7.53. The van der Waals surface area contributed by atoms with Crippen LogP contribution in [0.3, 0.4) is 0 Å². The molecule has 18 heavy (non-hydrogen) atoms. The van der Waals surface area contributed by atoms with Crippen molar-refractivity contribution >= 4 is 23.4 Å². The maximum absolute atomic E-state index is 11.1. The smallest absolute Gasteiger partial charge is 0.267 e. The number of carbonyl (C=O) groups excluding carboxylic acids is 1. The summed E-state index contributed by atoms with van der Waals surface area (Å²) < 4.78 is 0. The van der Waals surface area contributed by atoms with Crippen molar-refractivity contribution in [3.8, 4) is 0 Å². The number of nitrogens with one attached hydrogen (secondary N) is 1. The van der Waals surface area contributed by atoms with Gasteiger partial charge in [0.05, 0.1) is 0 Å². The van der Waals surface area contributed by atoms with Crippen LogP contribution in [0.1, 0.15) is 36.2 Å². The molecule has 0 unspecified atom stereocenters. The average Bonchev–Trinajstić information content (AvgIpc) is 2.40. The molecule has 0 aromatic carbocycles. The van der Waals surface area contributed by atoms with Gasteiger partial charge in [0.2, 0.25) is 0 Å². The van der Waals surface area contributed by atoms with Crippen molar-refractivity contribution < 1.29 is 4.79 Å². The van der Waals surface area contributed by atoms with Gasteiger partial charge in [-0.05, 0) is 44.1 Å². The predicted octanol–water partition coefficient (Wildman–Crippen LogP) is 2.27. The largest absolute Gasteiger partial charge is 0.382 e. The maximum Gasteiger partial charge on any atom is 0.267 e. The number of hydrogen-bond donors (Lipinski definition) is 2. The average molecular weight is 265 g/mol. The number of nitrogens with two attached hydrogens (primary N) is 1. The van der Waals surface area contributed by atoms with Gasteiger partial charge in [0.15, 0.2) is 0 Å². The van der Waals surface area contributed by atoms with Gasteiger partial charge >= 0.3 is 0 Å². The van der Waals surface area contributed by atoms with E-state index in [1.807, 2.05) is 17.8 Å². The molecule has 3 N–H and O–H groups in total. The van der Waals surface area contributed by atoms with Crippen LogP contribution in [-0.2, 0) is 0 Å². The molecule has 0 saturated heterocycles. The molecule has 0 bridgehead atoms. The first-order valence-electron chi connectivity index (χ1n) is 6.24. The minimum atomic E-state index is -0.482. The zero-order valence-corrected chi connectivity index (χ0v) is 11.4. The van der Waals surface area contributed by atoms with Gasteiger partial charge < -0.3 is 11.1 Å². The monoisotopic (exact) mass is 265 g/mol. The molecule has 0 radical (unpaired) electrons. The summed E-state index contributed by atoms with van der Waals surface area (Å²) in [7, 11) is 0. The van der Waals surface area contributed by atoms with E-state index in [1.165, 1.54) is 25.7 Å². The Kier molecular flexibility index (Phi) is 4.47. The number of aromatic nitrogens is 1. The van der Waals surface area contributed by atoms with Crippen molar-refractivity contribution in [2.75, 3.05) is 11.6 Å². The number of hydrogen-bond acceptors (Lipinski definition) is 4. The molecule has 0 aliphatic heterocycles. The van der Waals surface area contributed by atoms with Crippen LogP contribution in [-0.4, -0.2) is 28.4 Å². The third-order valence-corrected chi connectivity index (χ3v) is 4.53. The van der Waals surface area contributed by atoms with Crippen molar-refractivity contribution in [3.05, 3.63) is 24.0 Å². The van der Waals surface area contributed by atoms with Crippen LogP contribution in [0.5, 0.6) is 0 Å². The van der Waals surface area contributed by atoms with Gasteiger partial charge in [-0.15, -0.1) is 0 Å². The van der Waals surface area contributed by atoms with E-state index < -0.39 is 5.91 Å². The van der Waals surface area contributed by atoms with Crippen LogP contribution in [0.4, 0.5) is 5.69 Å². The minimum Gasteiger partial charge on any atom is -0.382 e. The van der Waals surface area contributed by atoms with Crippen molar-refractivity contribution in [2.45, 2.75) is 37.0 Å². The number of amides is 1. The first-order chi connectivity index (χ1) is 8.69. The lowest BCUT2D eigenvalue weighted by atomic mass is 9.95. The van der Waals surface area contributed by atoms with E-state index in [2.05, 4.69) is 16.6 Å². The van der Waals surface area contributed by atoms with E-state index in [0.717, 1.165) is 10.9 Å². The van der Waals surface area contributed by atoms with Gasteiger partial charge in [0.25, 0.3) is 5.91 Å². The molecule has 4 nitrogen and oxygen atoms in total. The Balaban J connectivity index is 1.94. The summed E-state index contributed by atoms with van der Waals surface area (Å²) in [6.07, 6.45) is 8.68. The third kappa shape index (κ3) is 3.38. The van der Waals surface area contributed by atoms with Gasteiger partial charge in [-0.25, -0.2) is 0 Å². The summed E-state index contributed by atoms with van der Waals surface area (Å²) in [5.41, 5.74) is 6.47. The van der Waals surface area contributed by atoms with Crippen molar-refractivity contribution in [1.29, 1.82) is 0 Å². The Bertz CT molecular complexity index is 416. The summed E-state index contributed by atoms with van der Waals surface area (Å²) >= 11 is 1.96. The zero-order chi connectivity index (χ0) is 13.0. The van der Waals surface area contributed by atoms with Crippen molar-refractivity contribution in [1.82, 2.24) is 4.98 Å². The molecule has 0 atom stereocenters. The summed E-state index contributed by atoms with van der Waals surface area (Å²) in [6, 6.07) is 4.10. The SMILES string of the molecule is CSC1CCC(Nc2ccnc(C(N)=O)c2)CC1. The fourth-order valence-electron chi connectivity index (χ4n) is 2.33. The molecule has 1 saturated carbocycles. The Morgan fingerprint density at radius 2 is 2.17 bits per heavy atom. The number of carbonyl (C=O) groups is 1. The molecule has 0 spiro atoms. The fraction of sp³-hybridized carbons (Fsp3) is 0.538. The van der Waals surface area contributed by atoms with Gasteiger partial charge in [-0.3, -0.25) is 9.78 Å². The maximum atomic E-state index is 11.1. The van der Waals surface area contributed by atoms with E-state index in [1.54, 1.807) is 12.3 Å². The van der Waals surface area contributed by atoms with Crippen LogP contribution >= 0.6 is 11.8 Å². The Morgan fingerprint density at radius 1 is 1.44 bits per heavy atom. The summed E-state index contributed by atoms with van der Waals surface area (Å²) in [5, 5.41) is 4.27. The van der Waals surface area contributed by atoms with E-state index >= 15 is 0 Å². The van der Waals surface area contributed by atoms with Crippen LogP contribution in [0.2, 0.25) is 0 Å². The normalized spacial score (nSPS) is 23.6. The number of thioether (sulfide) groups is 1. The van der Waals surface area contributed by atoms with Gasteiger partial charge in [-0.1, -0.05) is 0 Å². The Labute approximate surface area is 112 Å². The number of nitrogens with zero attached hydrogens (tertiary/aromatic N) is 1. The minimum absolute atomic E-state index is 0.317. The number of anilines is 1. The standard InChI is InChI=1S/C13H19N3OS/c1-18-11-4-2-9(3-5-11)16-10-6-7-15-12(8-10)13(14)17/h6-9,11H,2-5H2,1H3,(H2,14,17)(H,15,16). The van der Waals surface area contributed by atoms with Gasteiger partial charge in [0, 0.05) is 23.2 Å². The van der Waals surface area contributed by atoms with Crippen molar-refractivity contribution in [2.24, 2.45) is 5.73 Å². The molecule has 1 aliphatic rings. The van der Waals surface area contributed by atoms with E-state index in [4.69, 9.17) is 5.73 Å². The molecular formula is C13H19N3OS. The number of pyridine rings is 1. The highest BCUT2D eigenvalue weighted by Gasteiger charge is 2.20. The number of primary amides is 1. The fourth-order valence-corrected chi connectivity index (χ4v) is 3.08. The number of rotatable bonds is 4. The second kappa shape index (κ2) is 6.09. The van der Waals surface area contributed by atoms with Crippen LogP contribution in [0.25, 0.3) is 0 Å². The quantitative estimate of drug-likeness (QED) is 0.876. The molecule has 1 aliphatic carbocycles. The van der Waals surface area contributed by atoms with E-state index in [-0.39, 0.29) is 0 Å². The molecule has 5 heteroatoms. The first kappa shape index (κ1) is 13.2. The molecule has 98 valence electrons. The second-order valence-electron chi connectivity index (χ2n) is 4.65. The summed E-state index contributed by atoms with van der Waals surface area (Å²) in [4.78, 5) is 15.0. The van der Waals surface area contributed by atoms with Crippen molar-refractivity contribution in [3.63, 3.8) is 0 Å². The van der Waals surface area contributed by atoms with E-state index in [0.29, 0.717) is 11.7 Å².